The van der Waals surface area contributed by atoms with Crippen molar-refractivity contribution in [3.05, 3.63) is 58.1 Å². The average molecular weight is 352 g/mol. The summed E-state index contributed by atoms with van der Waals surface area (Å²) in [7, 11) is 1.70. The van der Waals surface area contributed by atoms with E-state index in [1.807, 2.05) is 12.1 Å². The Morgan fingerprint density at radius 1 is 1.38 bits per heavy atom. The molecule has 0 saturated carbocycles. The first-order valence-electron chi connectivity index (χ1n) is 6.38. The number of likely N-dealkylation sites (N-methyl/N-ethyl adjacent to an activating group) is 1. The molecular formula is C15H15BrFN3O. The second kappa shape index (κ2) is 6.67. The summed E-state index contributed by atoms with van der Waals surface area (Å²) in [5.74, 6) is -0.750. The maximum Gasteiger partial charge on any atom is 0.254 e. The van der Waals surface area contributed by atoms with Crippen molar-refractivity contribution in [3.8, 4) is 0 Å². The second-order valence-electron chi connectivity index (χ2n) is 4.69. The van der Waals surface area contributed by atoms with Crippen molar-refractivity contribution in [3.63, 3.8) is 0 Å². The predicted octanol–water partition coefficient (Wildman–Crippen LogP) is 2.88. The highest BCUT2D eigenvalue weighted by molar-refractivity contribution is 9.10. The van der Waals surface area contributed by atoms with Crippen LogP contribution in [0.25, 0.3) is 0 Å². The molecule has 0 aliphatic carbocycles. The van der Waals surface area contributed by atoms with Crippen molar-refractivity contribution in [2.45, 2.75) is 6.42 Å². The van der Waals surface area contributed by atoms with Crippen LogP contribution in [0.1, 0.15) is 15.9 Å². The lowest BCUT2D eigenvalue weighted by molar-refractivity contribution is 0.0795. The van der Waals surface area contributed by atoms with Gasteiger partial charge in [0.25, 0.3) is 5.91 Å². The van der Waals surface area contributed by atoms with Crippen molar-refractivity contribution in [1.82, 2.24) is 9.88 Å². The summed E-state index contributed by atoms with van der Waals surface area (Å²) < 4.78 is 13.7. The predicted molar refractivity (Wildman–Crippen MR) is 83.4 cm³/mol. The molecule has 2 aromatic rings. The largest absolute Gasteiger partial charge is 0.396 e. The lowest BCUT2D eigenvalue weighted by atomic mass is 10.1. The lowest BCUT2D eigenvalue weighted by Crippen LogP contribution is -2.29. The number of carbonyl (C=O) groups excluding carboxylic acids is 1. The van der Waals surface area contributed by atoms with Gasteiger partial charge in [0.1, 0.15) is 5.82 Å². The Morgan fingerprint density at radius 3 is 2.71 bits per heavy atom. The number of carbonyl (C=O) groups is 1. The topological polar surface area (TPSA) is 59.2 Å². The number of hydrogen-bond acceptors (Lipinski definition) is 3. The van der Waals surface area contributed by atoms with Gasteiger partial charge in [0.2, 0.25) is 0 Å². The zero-order valence-electron chi connectivity index (χ0n) is 11.5. The van der Waals surface area contributed by atoms with Crippen LogP contribution in [0.5, 0.6) is 0 Å². The van der Waals surface area contributed by atoms with Gasteiger partial charge in [0.15, 0.2) is 0 Å². The van der Waals surface area contributed by atoms with Gasteiger partial charge in [-0.1, -0.05) is 0 Å². The third-order valence-electron chi connectivity index (χ3n) is 3.15. The van der Waals surface area contributed by atoms with Crippen LogP contribution in [-0.2, 0) is 6.42 Å². The number of hydrogen-bond donors (Lipinski definition) is 1. The highest BCUT2D eigenvalue weighted by Gasteiger charge is 2.17. The summed E-state index contributed by atoms with van der Waals surface area (Å²) in [5.41, 5.74) is 6.93. The van der Waals surface area contributed by atoms with Crippen LogP contribution in [0.3, 0.4) is 0 Å². The van der Waals surface area contributed by atoms with Gasteiger partial charge in [-0.25, -0.2) is 4.39 Å². The van der Waals surface area contributed by atoms with Gasteiger partial charge in [0, 0.05) is 30.5 Å². The average Bonchev–Trinajstić information content (AvgIpc) is 2.49. The zero-order valence-corrected chi connectivity index (χ0v) is 13.1. The molecule has 0 atom stereocenters. The summed E-state index contributed by atoms with van der Waals surface area (Å²) in [6, 6.07) is 6.37. The van der Waals surface area contributed by atoms with E-state index in [1.54, 1.807) is 24.3 Å². The Bertz CT molecular complexity index is 649. The molecule has 0 fully saturated rings. The molecule has 1 heterocycles. The maximum absolute atomic E-state index is 13.3. The molecular weight excluding hydrogens is 337 g/mol. The number of anilines is 1. The van der Waals surface area contributed by atoms with E-state index in [0.717, 1.165) is 12.0 Å². The third-order valence-corrected chi connectivity index (χ3v) is 3.80. The Labute approximate surface area is 130 Å². The molecule has 110 valence electrons. The number of nitrogen functional groups attached to an aromatic ring is 1. The molecule has 1 amide bonds. The molecule has 6 heteroatoms. The van der Waals surface area contributed by atoms with Crippen LogP contribution in [0, 0.1) is 5.82 Å². The molecule has 0 bridgehead atoms. The molecule has 2 N–H and O–H groups in total. The van der Waals surface area contributed by atoms with Crippen molar-refractivity contribution in [2.24, 2.45) is 0 Å². The first-order valence-corrected chi connectivity index (χ1v) is 7.17. The van der Waals surface area contributed by atoms with Crippen LogP contribution in [0.15, 0.2) is 41.1 Å². The Morgan fingerprint density at radius 2 is 2.05 bits per heavy atom. The minimum absolute atomic E-state index is 0.0379. The van der Waals surface area contributed by atoms with E-state index in [9.17, 15) is 9.18 Å². The van der Waals surface area contributed by atoms with E-state index in [2.05, 4.69) is 20.9 Å². The smallest absolute Gasteiger partial charge is 0.254 e. The molecule has 0 aliphatic heterocycles. The van der Waals surface area contributed by atoms with Crippen LogP contribution in [0.2, 0.25) is 0 Å². The van der Waals surface area contributed by atoms with Gasteiger partial charge in [-0.3, -0.25) is 9.78 Å². The molecule has 21 heavy (non-hydrogen) atoms. The summed E-state index contributed by atoms with van der Waals surface area (Å²) in [6.45, 7) is 0.548. The minimum Gasteiger partial charge on any atom is -0.396 e. The first kappa shape index (κ1) is 15.4. The van der Waals surface area contributed by atoms with Crippen LogP contribution < -0.4 is 5.73 Å². The number of halogens is 2. The summed E-state index contributed by atoms with van der Waals surface area (Å²) >= 11 is 3.19. The fourth-order valence-corrected chi connectivity index (χ4v) is 2.37. The van der Waals surface area contributed by atoms with E-state index >= 15 is 0 Å². The first-order chi connectivity index (χ1) is 9.99. The molecule has 4 nitrogen and oxygen atoms in total. The number of pyridine rings is 1. The van der Waals surface area contributed by atoms with Gasteiger partial charge in [-0.15, -0.1) is 0 Å². The highest BCUT2D eigenvalue weighted by Crippen LogP contribution is 2.24. The molecule has 2 rings (SSSR count). The second-order valence-corrected chi connectivity index (χ2v) is 5.54. The summed E-state index contributed by atoms with van der Waals surface area (Å²) in [6.07, 6.45) is 4.15. The summed E-state index contributed by atoms with van der Waals surface area (Å²) in [5, 5.41) is 0. The Hall–Kier alpha value is -1.95. The lowest BCUT2D eigenvalue weighted by Gasteiger charge is -2.18. The van der Waals surface area contributed by atoms with Crippen LogP contribution in [-0.4, -0.2) is 29.4 Å². The molecule has 1 aromatic carbocycles. The number of nitrogens with zero attached hydrogens (tertiary/aromatic N) is 2. The van der Waals surface area contributed by atoms with Gasteiger partial charge in [-0.05, 0) is 52.2 Å². The van der Waals surface area contributed by atoms with Gasteiger partial charge in [-0.2, -0.15) is 0 Å². The SMILES string of the molecule is CN(CCc1ccncc1)C(=O)c1cc(N)c(F)cc1Br. The van der Waals surface area contributed by atoms with E-state index in [1.165, 1.54) is 12.1 Å². The van der Waals surface area contributed by atoms with Crippen molar-refractivity contribution in [2.75, 3.05) is 19.3 Å². The van der Waals surface area contributed by atoms with E-state index in [0.29, 0.717) is 16.6 Å². The Kier molecular flexibility index (Phi) is 4.90. The van der Waals surface area contributed by atoms with E-state index in [-0.39, 0.29) is 11.6 Å². The monoisotopic (exact) mass is 351 g/mol. The molecule has 0 spiro atoms. The van der Waals surface area contributed by atoms with Gasteiger partial charge >= 0.3 is 0 Å². The van der Waals surface area contributed by atoms with E-state index in [4.69, 9.17) is 5.73 Å². The van der Waals surface area contributed by atoms with Crippen molar-refractivity contribution >= 4 is 27.5 Å². The number of amides is 1. The normalized spacial score (nSPS) is 10.4. The maximum atomic E-state index is 13.3. The highest BCUT2D eigenvalue weighted by atomic mass is 79.9. The summed E-state index contributed by atoms with van der Waals surface area (Å²) in [4.78, 5) is 17.9. The molecule has 0 unspecified atom stereocenters. The standard InChI is InChI=1S/C15H15BrFN3O/c1-20(7-4-10-2-5-19-6-3-10)15(21)11-8-14(18)13(17)9-12(11)16/h2-3,5-6,8-9H,4,7,18H2,1H3. The van der Waals surface area contributed by atoms with Crippen LogP contribution >= 0.6 is 15.9 Å². The Balaban J connectivity index is 2.07. The third kappa shape index (κ3) is 3.78. The quantitative estimate of drug-likeness (QED) is 0.861. The molecule has 0 aliphatic rings. The van der Waals surface area contributed by atoms with Crippen molar-refractivity contribution < 1.29 is 9.18 Å². The fraction of sp³-hybridized carbons (Fsp3) is 0.200. The minimum atomic E-state index is -0.544. The number of nitrogens with two attached hydrogens (primary N) is 1. The van der Waals surface area contributed by atoms with E-state index < -0.39 is 5.82 Å². The number of benzene rings is 1. The van der Waals surface area contributed by atoms with Gasteiger partial charge in [0.05, 0.1) is 11.3 Å². The zero-order chi connectivity index (χ0) is 15.4. The van der Waals surface area contributed by atoms with Crippen molar-refractivity contribution in [1.29, 1.82) is 0 Å². The van der Waals surface area contributed by atoms with Crippen LogP contribution in [0.4, 0.5) is 10.1 Å². The molecule has 1 aromatic heterocycles. The van der Waals surface area contributed by atoms with Gasteiger partial charge < -0.3 is 10.6 Å². The fourth-order valence-electron chi connectivity index (χ4n) is 1.88. The molecule has 0 radical (unpaired) electrons. The number of rotatable bonds is 4. The molecule has 0 saturated heterocycles. The number of aromatic nitrogens is 1.